The van der Waals surface area contributed by atoms with Crippen molar-refractivity contribution >= 4 is 9.84 Å². The van der Waals surface area contributed by atoms with Gasteiger partial charge in [-0.3, -0.25) is 0 Å². The molecule has 0 bridgehead atoms. The molecule has 0 fully saturated rings. The zero-order valence-corrected chi connectivity index (χ0v) is 11.5. The van der Waals surface area contributed by atoms with E-state index in [1.165, 1.54) is 6.07 Å². The lowest BCUT2D eigenvalue weighted by atomic mass is 10.2. The summed E-state index contributed by atoms with van der Waals surface area (Å²) in [5, 5.41) is 0. The van der Waals surface area contributed by atoms with Gasteiger partial charge in [0.25, 0.3) is 0 Å². The maximum absolute atomic E-state index is 12.4. The SMILES string of the molecule is NCc1ccc(CS(=O)(=O)c2ccc(C(F)(F)F)cc2)o1. The number of benzene rings is 1. The van der Waals surface area contributed by atoms with E-state index in [0.717, 1.165) is 24.3 Å². The zero-order valence-electron chi connectivity index (χ0n) is 10.7. The van der Waals surface area contributed by atoms with E-state index >= 15 is 0 Å². The predicted molar refractivity (Wildman–Crippen MR) is 68.9 cm³/mol. The molecule has 0 radical (unpaired) electrons. The fourth-order valence-electron chi connectivity index (χ4n) is 1.73. The Morgan fingerprint density at radius 3 is 2.05 bits per heavy atom. The lowest BCUT2D eigenvalue weighted by molar-refractivity contribution is -0.137. The van der Waals surface area contributed by atoms with E-state index in [4.69, 9.17) is 10.2 Å². The summed E-state index contributed by atoms with van der Waals surface area (Å²) in [5.74, 6) is 0.196. The van der Waals surface area contributed by atoms with Crippen molar-refractivity contribution in [2.45, 2.75) is 23.4 Å². The summed E-state index contributed by atoms with van der Waals surface area (Å²) < 4.78 is 66.6. The Labute approximate surface area is 119 Å². The highest BCUT2D eigenvalue weighted by atomic mass is 32.2. The molecule has 4 nitrogen and oxygen atoms in total. The highest BCUT2D eigenvalue weighted by Crippen LogP contribution is 2.30. The third-order valence-electron chi connectivity index (χ3n) is 2.79. The van der Waals surface area contributed by atoms with Gasteiger partial charge in [-0.2, -0.15) is 13.2 Å². The Morgan fingerprint density at radius 2 is 1.57 bits per heavy atom. The fourth-order valence-corrected chi connectivity index (χ4v) is 2.98. The van der Waals surface area contributed by atoms with E-state index in [-0.39, 0.29) is 17.2 Å². The van der Waals surface area contributed by atoms with Gasteiger partial charge in [-0.05, 0) is 36.4 Å². The molecule has 0 spiro atoms. The van der Waals surface area contributed by atoms with Gasteiger partial charge in [-0.25, -0.2) is 8.42 Å². The van der Waals surface area contributed by atoms with E-state index in [2.05, 4.69) is 0 Å². The minimum atomic E-state index is -4.50. The molecule has 8 heteroatoms. The van der Waals surface area contributed by atoms with Crippen LogP contribution in [0.2, 0.25) is 0 Å². The second-order valence-corrected chi connectivity index (χ2v) is 6.34. The van der Waals surface area contributed by atoms with Crippen LogP contribution >= 0.6 is 0 Å². The molecule has 21 heavy (non-hydrogen) atoms. The van der Waals surface area contributed by atoms with Crippen LogP contribution in [0, 0.1) is 0 Å². The van der Waals surface area contributed by atoms with Gasteiger partial charge in [0.2, 0.25) is 0 Å². The summed E-state index contributed by atoms with van der Waals surface area (Å²) >= 11 is 0. The van der Waals surface area contributed by atoms with Crippen LogP contribution < -0.4 is 5.73 Å². The van der Waals surface area contributed by atoms with Crippen molar-refractivity contribution in [1.29, 1.82) is 0 Å². The Morgan fingerprint density at radius 1 is 1.00 bits per heavy atom. The van der Waals surface area contributed by atoms with Gasteiger partial charge in [-0.1, -0.05) is 0 Å². The molecule has 0 aliphatic carbocycles. The summed E-state index contributed by atoms with van der Waals surface area (Å²) in [6.07, 6.45) is -4.50. The lowest BCUT2D eigenvalue weighted by Gasteiger charge is -2.07. The zero-order chi connectivity index (χ0) is 15.7. The first-order valence-corrected chi connectivity index (χ1v) is 7.55. The molecule has 114 valence electrons. The Kier molecular flexibility index (Phi) is 4.11. The number of sulfone groups is 1. The van der Waals surface area contributed by atoms with Crippen LogP contribution in [0.5, 0.6) is 0 Å². The Balaban J connectivity index is 2.23. The highest BCUT2D eigenvalue weighted by molar-refractivity contribution is 7.90. The molecule has 2 N–H and O–H groups in total. The van der Waals surface area contributed by atoms with E-state index in [0.29, 0.717) is 5.76 Å². The van der Waals surface area contributed by atoms with Crippen molar-refractivity contribution in [3.63, 3.8) is 0 Å². The molecule has 1 heterocycles. The van der Waals surface area contributed by atoms with Crippen LogP contribution in [0.3, 0.4) is 0 Å². The lowest BCUT2D eigenvalue weighted by Crippen LogP contribution is -2.07. The quantitative estimate of drug-likeness (QED) is 0.940. The highest BCUT2D eigenvalue weighted by Gasteiger charge is 2.30. The minimum absolute atomic E-state index is 0.139. The number of alkyl halides is 3. The molecular weight excluding hydrogens is 307 g/mol. The molecule has 0 unspecified atom stereocenters. The van der Waals surface area contributed by atoms with Crippen LogP contribution in [0.1, 0.15) is 17.1 Å². The van der Waals surface area contributed by atoms with E-state index in [1.54, 1.807) is 6.07 Å². The van der Waals surface area contributed by atoms with Crippen LogP contribution in [0.25, 0.3) is 0 Å². The van der Waals surface area contributed by atoms with Gasteiger partial charge in [0, 0.05) is 0 Å². The second kappa shape index (κ2) is 5.53. The monoisotopic (exact) mass is 319 g/mol. The standard InChI is InChI=1S/C13H12F3NO3S/c14-13(15,16)9-1-5-12(6-2-9)21(18,19)8-11-4-3-10(7-17)20-11/h1-6H,7-8,17H2. The average molecular weight is 319 g/mol. The largest absolute Gasteiger partial charge is 0.464 e. The van der Waals surface area contributed by atoms with Gasteiger partial charge in [0.1, 0.15) is 17.3 Å². The molecular formula is C13H12F3NO3S. The number of furan rings is 1. The summed E-state index contributed by atoms with van der Waals surface area (Å²) in [7, 11) is -3.77. The topological polar surface area (TPSA) is 73.3 Å². The molecule has 0 saturated carbocycles. The number of halogens is 3. The maximum Gasteiger partial charge on any atom is 0.416 e. The molecule has 0 amide bonds. The first kappa shape index (κ1) is 15.6. The van der Waals surface area contributed by atoms with Gasteiger partial charge < -0.3 is 10.2 Å². The van der Waals surface area contributed by atoms with Crippen molar-refractivity contribution in [2.24, 2.45) is 5.73 Å². The molecule has 0 saturated heterocycles. The molecule has 0 atom stereocenters. The molecule has 1 aromatic carbocycles. The normalized spacial score (nSPS) is 12.6. The molecule has 1 aromatic heterocycles. The van der Waals surface area contributed by atoms with Crippen LogP contribution in [-0.2, 0) is 28.3 Å². The first-order valence-electron chi connectivity index (χ1n) is 5.90. The van der Waals surface area contributed by atoms with Gasteiger partial charge in [0.15, 0.2) is 9.84 Å². The van der Waals surface area contributed by atoms with Crippen molar-refractivity contribution in [1.82, 2.24) is 0 Å². The van der Waals surface area contributed by atoms with Crippen molar-refractivity contribution < 1.29 is 26.0 Å². The summed E-state index contributed by atoms with van der Waals surface area (Å²) in [6.45, 7) is 0.139. The number of nitrogens with two attached hydrogens (primary N) is 1. The molecule has 0 aliphatic heterocycles. The van der Waals surface area contributed by atoms with Gasteiger partial charge in [0.05, 0.1) is 17.0 Å². The van der Waals surface area contributed by atoms with E-state index in [9.17, 15) is 21.6 Å². The fraction of sp³-hybridized carbons (Fsp3) is 0.231. The van der Waals surface area contributed by atoms with E-state index < -0.39 is 27.3 Å². The first-order chi connectivity index (χ1) is 9.72. The second-order valence-electron chi connectivity index (χ2n) is 4.35. The third-order valence-corrected chi connectivity index (χ3v) is 4.45. The average Bonchev–Trinajstić information content (AvgIpc) is 2.85. The summed E-state index contributed by atoms with van der Waals surface area (Å²) in [5.41, 5.74) is 4.45. The Bertz CT molecular complexity index is 718. The Hall–Kier alpha value is -1.80. The van der Waals surface area contributed by atoms with Crippen LogP contribution in [-0.4, -0.2) is 8.42 Å². The summed E-state index contributed by atoms with van der Waals surface area (Å²) in [6, 6.07) is 6.37. The molecule has 2 aromatic rings. The van der Waals surface area contributed by atoms with Gasteiger partial charge >= 0.3 is 6.18 Å². The molecule has 2 rings (SSSR count). The number of hydrogen-bond donors (Lipinski definition) is 1. The minimum Gasteiger partial charge on any atom is -0.464 e. The maximum atomic E-state index is 12.4. The van der Waals surface area contributed by atoms with Crippen molar-refractivity contribution in [3.05, 3.63) is 53.5 Å². The number of hydrogen-bond acceptors (Lipinski definition) is 4. The van der Waals surface area contributed by atoms with E-state index in [1.807, 2.05) is 0 Å². The van der Waals surface area contributed by atoms with Crippen molar-refractivity contribution in [3.8, 4) is 0 Å². The van der Waals surface area contributed by atoms with Crippen LogP contribution in [0.15, 0.2) is 45.7 Å². The third kappa shape index (κ3) is 3.64. The summed E-state index contributed by atoms with van der Waals surface area (Å²) in [4.78, 5) is -0.193. The van der Waals surface area contributed by atoms with Crippen molar-refractivity contribution in [2.75, 3.05) is 0 Å². The molecule has 0 aliphatic rings. The van der Waals surface area contributed by atoms with Crippen LogP contribution in [0.4, 0.5) is 13.2 Å². The number of rotatable bonds is 4. The van der Waals surface area contributed by atoms with Gasteiger partial charge in [-0.15, -0.1) is 0 Å². The smallest absolute Gasteiger partial charge is 0.416 e. The predicted octanol–water partition coefficient (Wildman–Crippen LogP) is 2.73.